The highest BCUT2D eigenvalue weighted by Crippen LogP contribution is 2.65. The van der Waals surface area contributed by atoms with E-state index in [9.17, 15) is 4.79 Å². The van der Waals surface area contributed by atoms with Crippen molar-refractivity contribution in [1.82, 2.24) is 0 Å². The summed E-state index contributed by atoms with van der Waals surface area (Å²) in [7, 11) is 0. The lowest BCUT2D eigenvalue weighted by atomic mass is 9.69. The van der Waals surface area contributed by atoms with Crippen LogP contribution in [0.2, 0.25) is 0 Å². The number of rotatable bonds is 3. The summed E-state index contributed by atoms with van der Waals surface area (Å²) in [4.78, 5) is 11.1. The SMILES string of the molecule is CCOC(=O)C[C@@H]1CCC12CC2. The molecule has 0 aromatic rings. The minimum atomic E-state index is 0.00785. The molecular weight excluding hydrogens is 152 g/mol. The predicted molar refractivity (Wildman–Crippen MR) is 45.6 cm³/mol. The van der Waals surface area contributed by atoms with E-state index in [1.54, 1.807) is 0 Å². The molecule has 0 aliphatic heterocycles. The Balaban J connectivity index is 1.76. The second kappa shape index (κ2) is 2.75. The van der Waals surface area contributed by atoms with Crippen LogP contribution in [0.15, 0.2) is 0 Å². The molecule has 0 aromatic carbocycles. The van der Waals surface area contributed by atoms with Crippen LogP contribution in [0.4, 0.5) is 0 Å². The van der Waals surface area contributed by atoms with Crippen LogP contribution < -0.4 is 0 Å². The van der Waals surface area contributed by atoms with Crippen molar-refractivity contribution < 1.29 is 9.53 Å². The summed E-state index contributed by atoms with van der Waals surface area (Å²) in [5, 5.41) is 0. The average Bonchev–Trinajstić information content (AvgIpc) is 2.79. The van der Waals surface area contributed by atoms with E-state index >= 15 is 0 Å². The zero-order valence-electron chi connectivity index (χ0n) is 7.64. The second-order valence-electron chi connectivity index (χ2n) is 4.11. The van der Waals surface area contributed by atoms with Gasteiger partial charge in [0, 0.05) is 6.42 Å². The Morgan fingerprint density at radius 1 is 1.50 bits per heavy atom. The fraction of sp³-hybridized carbons (Fsp3) is 0.900. The first kappa shape index (κ1) is 8.09. The van der Waals surface area contributed by atoms with Crippen LogP contribution in [0.25, 0.3) is 0 Å². The van der Waals surface area contributed by atoms with Gasteiger partial charge in [0.25, 0.3) is 0 Å². The van der Waals surface area contributed by atoms with Gasteiger partial charge in [0.05, 0.1) is 6.61 Å². The third-order valence-corrected chi connectivity index (χ3v) is 3.47. The highest BCUT2D eigenvalue weighted by molar-refractivity contribution is 5.70. The molecule has 0 N–H and O–H groups in total. The zero-order chi connectivity index (χ0) is 8.60. The largest absolute Gasteiger partial charge is 0.466 e. The Morgan fingerprint density at radius 3 is 2.67 bits per heavy atom. The highest BCUT2D eigenvalue weighted by atomic mass is 16.5. The molecule has 0 heterocycles. The van der Waals surface area contributed by atoms with E-state index in [4.69, 9.17) is 4.74 Å². The van der Waals surface area contributed by atoms with Crippen molar-refractivity contribution in [3.8, 4) is 0 Å². The van der Waals surface area contributed by atoms with Crippen molar-refractivity contribution in [1.29, 1.82) is 0 Å². The Hall–Kier alpha value is -0.530. The van der Waals surface area contributed by atoms with Crippen molar-refractivity contribution in [2.75, 3.05) is 6.61 Å². The smallest absolute Gasteiger partial charge is 0.306 e. The van der Waals surface area contributed by atoms with Gasteiger partial charge in [-0.25, -0.2) is 0 Å². The van der Waals surface area contributed by atoms with Gasteiger partial charge in [0.2, 0.25) is 0 Å². The molecule has 2 heteroatoms. The standard InChI is InChI=1S/C10H16O2/c1-2-12-9(11)7-8-3-4-10(8)5-6-10/h8H,2-7H2,1H3/t8-/m0/s1. The van der Waals surface area contributed by atoms with E-state index < -0.39 is 0 Å². The molecule has 2 nitrogen and oxygen atoms in total. The van der Waals surface area contributed by atoms with Gasteiger partial charge in [-0.3, -0.25) is 4.79 Å². The van der Waals surface area contributed by atoms with Gasteiger partial charge in [-0.1, -0.05) is 0 Å². The topological polar surface area (TPSA) is 26.3 Å². The molecule has 1 atom stereocenters. The van der Waals surface area contributed by atoms with Crippen molar-refractivity contribution >= 4 is 5.97 Å². The quantitative estimate of drug-likeness (QED) is 0.603. The van der Waals surface area contributed by atoms with E-state index in [2.05, 4.69) is 0 Å². The van der Waals surface area contributed by atoms with E-state index in [1.807, 2.05) is 6.92 Å². The maximum atomic E-state index is 11.1. The fourth-order valence-corrected chi connectivity index (χ4v) is 2.32. The molecule has 0 aromatic heterocycles. The molecule has 2 saturated carbocycles. The maximum Gasteiger partial charge on any atom is 0.306 e. The molecule has 0 bridgehead atoms. The monoisotopic (exact) mass is 168 g/mol. The third kappa shape index (κ3) is 1.23. The van der Waals surface area contributed by atoms with Crippen LogP contribution in [0.1, 0.15) is 39.0 Å². The van der Waals surface area contributed by atoms with Gasteiger partial charge >= 0.3 is 5.97 Å². The molecule has 0 radical (unpaired) electrons. The number of ether oxygens (including phenoxy) is 1. The summed E-state index contributed by atoms with van der Waals surface area (Å²) in [6, 6.07) is 0. The number of hydrogen-bond donors (Lipinski definition) is 0. The van der Waals surface area contributed by atoms with Crippen molar-refractivity contribution in [2.24, 2.45) is 11.3 Å². The molecule has 68 valence electrons. The number of esters is 1. The minimum Gasteiger partial charge on any atom is -0.466 e. The highest BCUT2D eigenvalue weighted by Gasteiger charge is 2.55. The fourth-order valence-electron chi connectivity index (χ4n) is 2.32. The van der Waals surface area contributed by atoms with E-state index in [-0.39, 0.29) is 5.97 Å². The molecule has 2 rings (SSSR count). The molecular formula is C10H16O2. The van der Waals surface area contributed by atoms with Gasteiger partial charge in [0.15, 0.2) is 0 Å². The van der Waals surface area contributed by atoms with Crippen LogP contribution >= 0.6 is 0 Å². The third-order valence-electron chi connectivity index (χ3n) is 3.47. The number of carbonyl (C=O) groups is 1. The summed E-state index contributed by atoms with van der Waals surface area (Å²) in [5.41, 5.74) is 0.618. The number of carbonyl (C=O) groups excluding carboxylic acids is 1. The van der Waals surface area contributed by atoms with Crippen molar-refractivity contribution in [3.63, 3.8) is 0 Å². The van der Waals surface area contributed by atoms with Crippen LogP contribution in [0, 0.1) is 11.3 Å². The Kier molecular flexibility index (Phi) is 1.85. The molecule has 0 amide bonds. The van der Waals surface area contributed by atoms with Gasteiger partial charge in [0.1, 0.15) is 0 Å². The Labute approximate surface area is 73.3 Å². The predicted octanol–water partition coefficient (Wildman–Crippen LogP) is 2.13. The lowest BCUT2D eigenvalue weighted by molar-refractivity contribution is -0.146. The van der Waals surface area contributed by atoms with Crippen molar-refractivity contribution in [3.05, 3.63) is 0 Å². The minimum absolute atomic E-state index is 0.00785. The molecule has 0 unspecified atom stereocenters. The first-order valence-electron chi connectivity index (χ1n) is 4.92. The molecule has 2 aliphatic rings. The van der Waals surface area contributed by atoms with Gasteiger partial charge in [-0.2, -0.15) is 0 Å². The Morgan fingerprint density at radius 2 is 2.25 bits per heavy atom. The van der Waals surface area contributed by atoms with Gasteiger partial charge < -0.3 is 4.74 Å². The van der Waals surface area contributed by atoms with Crippen LogP contribution in [-0.2, 0) is 9.53 Å². The lowest BCUT2D eigenvalue weighted by Crippen LogP contribution is -2.30. The summed E-state index contributed by atoms with van der Waals surface area (Å²) in [6.07, 6.45) is 6.00. The van der Waals surface area contributed by atoms with Crippen molar-refractivity contribution in [2.45, 2.75) is 39.0 Å². The van der Waals surface area contributed by atoms with Crippen LogP contribution in [-0.4, -0.2) is 12.6 Å². The van der Waals surface area contributed by atoms with E-state index in [1.165, 1.54) is 25.7 Å². The van der Waals surface area contributed by atoms with Gasteiger partial charge in [-0.05, 0) is 43.9 Å². The number of hydrogen-bond acceptors (Lipinski definition) is 2. The summed E-state index contributed by atoms with van der Waals surface area (Å²) in [5.74, 6) is 0.671. The normalized spacial score (nSPS) is 29.6. The zero-order valence-corrected chi connectivity index (χ0v) is 7.64. The average molecular weight is 168 g/mol. The van der Waals surface area contributed by atoms with E-state index in [0.29, 0.717) is 24.4 Å². The Bertz CT molecular complexity index is 194. The molecule has 2 fully saturated rings. The molecule has 2 aliphatic carbocycles. The first-order chi connectivity index (χ1) is 5.77. The maximum absolute atomic E-state index is 11.1. The molecule has 12 heavy (non-hydrogen) atoms. The van der Waals surface area contributed by atoms with Crippen LogP contribution in [0.3, 0.4) is 0 Å². The van der Waals surface area contributed by atoms with Crippen LogP contribution in [0.5, 0.6) is 0 Å². The van der Waals surface area contributed by atoms with Gasteiger partial charge in [-0.15, -0.1) is 0 Å². The molecule has 1 spiro atoms. The lowest BCUT2D eigenvalue weighted by Gasteiger charge is -2.36. The summed E-state index contributed by atoms with van der Waals surface area (Å²) < 4.78 is 4.93. The second-order valence-corrected chi connectivity index (χ2v) is 4.11. The summed E-state index contributed by atoms with van der Waals surface area (Å²) in [6.45, 7) is 2.39. The summed E-state index contributed by atoms with van der Waals surface area (Å²) >= 11 is 0. The molecule has 0 saturated heterocycles. The van der Waals surface area contributed by atoms with E-state index in [0.717, 1.165) is 0 Å². The first-order valence-corrected chi connectivity index (χ1v) is 4.92.